The smallest absolute Gasteiger partial charge is 0.255 e. The zero-order valence-corrected chi connectivity index (χ0v) is 10.2. The SMILES string of the molecule is Cc1cc(N(C)CC(F)F)c(C(C)N)cc1F. The summed E-state index contributed by atoms with van der Waals surface area (Å²) in [6, 6.07) is 2.47. The van der Waals surface area contributed by atoms with Gasteiger partial charge in [0.2, 0.25) is 0 Å². The molecule has 1 atom stereocenters. The largest absolute Gasteiger partial charge is 0.369 e. The number of nitrogens with two attached hydrogens (primary N) is 1. The molecule has 5 heteroatoms. The molecule has 0 aliphatic rings. The lowest BCUT2D eigenvalue weighted by molar-refractivity contribution is 0.156. The number of rotatable bonds is 4. The number of hydrogen-bond donors (Lipinski definition) is 1. The van der Waals surface area contributed by atoms with Gasteiger partial charge in [-0.2, -0.15) is 0 Å². The molecule has 17 heavy (non-hydrogen) atoms. The van der Waals surface area contributed by atoms with Crippen LogP contribution >= 0.6 is 0 Å². The zero-order valence-electron chi connectivity index (χ0n) is 10.2. The van der Waals surface area contributed by atoms with Crippen molar-refractivity contribution in [3.05, 3.63) is 29.1 Å². The van der Waals surface area contributed by atoms with E-state index in [1.165, 1.54) is 11.0 Å². The highest BCUT2D eigenvalue weighted by molar-refractivity contribution is 5.56. The van der Waals surface area contributed by atoms with Crippen molar-refractivity contribution in [2.75, 3.05) is 18.5 Å². The molecular weight excluding hydrogens is 229 g/mol. The van der Waals surface area contributed by atoms with Gasteiger partial charge in [-0.3, -0.25) is 0 Å². The number of aryl methyl sites for hydroxylation is 1. The van der Waals surface area contributed by atoms with Crippen LogP contribution in [0.4, 0.5) is 18.9 Å². The molecule has 1 unspecified atom stereocenters. The lowest BCUT2D eigenvalue weighted by Gasteiger charge is -2.24. The summed E-state index contributed by atoms with van der Waals surface area (Å²) in [5.74, 6) is -0.369. The molecule has 0 radical (unpaired) electrons. The van der Waals surface area contributed by atoms with E-state index in [1.807, 2.05) is 0 Å². The van der Waals surface area contributed by atoms with E-state index in [9.17, 15) is 13.2 Å². The molecule has 0 saturated heterocycles. The second kappa shape index (κ2) is 5.40. The molecule has 2 nitrogen and oxygen atoms in total. The standard InChI is InChI=1S/C12H17F3N2/c1-7-4-11(17(3)6-12(14)15)9(8(2)16)5-10(7)13/h4-5,8,12H,6,16H2,1-3H3. The topological polar surface area (TPSA) is 29.3 Å². The summed E-state index contributed by atoms with van der Waals surface area (Å²) in [7, 11) is 1.55. The van der Waals surface area contributed by atoms with Gasteiger partial charge < -0.3 is 10.6 Å². The van der Waals surface area contributed by atoms with Gasteiger partial charge in [0.05, 0.1) is 6.54 Å². The first-order valence-corrected chi connectivity index (χ1v) is 5.37. The zero-order chi connectivity index (χ0) is 13.2. The summed E-state index contributed by atoms with van der Waals surface area (Å²) >= 11 is 0. The number of alkyl halides is 2. The average molecular weight is 246 g/mol. The Bertz CT molecular complexity index is 392. The van der Waals surface area contributed by atoms with Crippen molar-refractivity contribution in [3.8, 4) is 0 Å². The summed E-state index contributed by atoms with van der Waals surface area (Å²) in [5.41, 5.74) is 7.24. The molecule has 0 heterocycles. The molecule has 0 saturated carbocycles. The van der Waals surface area contributed by atoms with Gasteiger partial charge in [0.15, 0.2) is 0 Å². The van der Waals surface area contributed by atoms with Crippen LogP contribution in [-0.2, 0) is 0 Å². The molecule has 1 rings (SSSR count). The second-order valence-electron chi connectivity index (χ2n) is 4.22. The van der Waals surface area contributed by atoms with Crippen molar-refractivity contribution in [1.82, 2.24) is 0 Å². The van der Waals surface area contributed by atoms with Crippen molar-refractivity contribution in [2.24, 2.45) is 5.73 Å². The van der Waals surface area contributed by atoms with Gasteiger partial charge in [-0.15, -0.1) is 0 Å². The molecule has 0 aliphatic heterocycles. The molecule has 2 N–H and O–H groups in total. The van der Waals surface area contributed by atoms with Crippen LogP contribution in [0.25, 0.3) is 0 Å². The Morgan fingerprint density at radius 3 is 2.41 bits per heavy atom. The van der Waals surface area contributed by atoms with E-state index in [1.54, 1.807) is 27.0 Å². The quantitative estimate of drug-likeness (QED) is 0.885. The van der Waals surface area contributed by atoms with Crippen LogP contribution in [0.3, 0.4) is 0 Å². The predicted molar refractivity (Wildman–Crippen MR) is 63.0 cm³/mol. The van der Waals surface area contributed by atoms with Gasteiger partial charge in [-0.25, -0.2) is 13.2 Å². The Hall–Kier alpha value is -1.23. The Kier molecular flexibility index (Phi) is 4.40. The molecule has 1 aromatic carbocycles. The van der Waals surface area contributed by atoms with Crippen molar-refractivity contribution >= 4 is 5.69 Å². The minimum Gasteiger partial charge on any atom is -0.369 e. The molecule has 0 aliphatic carbocycles. The molecule has 96 valence electrons. The fourth-order valence-electron chi connectivity index (χ4n) is 1.68. The van der Waals surface area contributed by atoms with Crippen molar-refractivity contribution < 1.29 is 13.2 Å². The Morgan fingerprint density at radius 2 is 1.94 bits per heavy atom. The number of anilines is 1. The summed E-state index contributed by atoms with van der Waals surface area (Å²) in [6.07, 6.45) is -2.44. The van der Waals surface area contributed by atoms with E-state index in [0.717, 1.165) is 0 Å². The highest BCUT2D eigenvalue weighted by atomic mass is 19.3. The molecular formula is C12H17F3N2. The first-order valence-electron chi connectivity index (χ1n) is 5.37. The molecule has 0 fully saturated rings. The predicted octanol–water partition coefficient (Wildman–Crippen LogP) is 2.86. The Balaban J connectivity index is 3.16. The second-order valence-corrected chi connectivity index (χ2v) is 4.22. The van der Waals surface area contributed by atoms with Crippen LogP contribution < -0.4 is 10.6 Å². The van der Waals surface area contributed by atoms with Gasteiger partial charge in [0.25, 0.3) is 6.43 Å². The van der Waals surface area contributed by atoms with Crippen LogP contribution in [0.2, 0.25) is 0 Å². The maximum absolute atomic E-state index is 13.4. The third kappa shape index (κ3) is 3.36. The van der Waals surface area contributed by atoms with Gasteiger partial charge in [-0.1, -0.05) is 0 Å². The van der Waals surface area contributed by atoms with Crippen LogP contribution in [0.1, 0.15) is 24.1 Å². The highest BCUT2D eigenvalue weighted by Crippen LogP contribution is 2.28. The van der Waals surface area contributed by atoms with E-state index in [2.05, 4.69) is 0 Å². The van der Waals surface area contributed by atoms with E-state index in [4.69, 9.17) is 5.73 Å². The average Bonchev–Trinajstić information content (AvgIpc) is 2.19. The molecule has 0 amide bonds. The summed E-state index contributed by atoms with van der Waals surface area (Å²) in [4.78, 5) is 1.40. The number of benzene rings is 1. The summed E-state index contributed by atoms with van der Waals surface area (Å²) < 4.78 is 38.1. The number of nitrogens with zero attached hydrogens (tertiary/aromatic N) is 1. The summed E-state index contributed by atoms with van der Waals surface area (Å²) in [5, 5.41) is 0. The maximum Gasteiger partial charge on any atom is 0.255 e. The Labute approximate surface area is 99.2 Å². The third-order valence-electron chi connectivity index (χ3n) is 2.62. The first-order chi connectivity index (χ1) is 7.82. The van der Waals surface area contributed by atoms with Crippen LogP contribution in [-0.4, -0.2) is 20.0 Å². The van der Waals surface area contributed by atoms with Gasteiger partial charge >= 0.3 is 0 Å². The fourth-order valence-corrected chi connectivity index (χ4v) is 1.68. The van der Waals surface area contributed by atoms with Crippen molar-refractivity contribution in [1.29, 1.82) is 0 Å². The van der Waals surface area contributed by atoms with Crippen LogP contribution in [0.5, 0.6) is 0 Å². The van der Waals surface area contributed by atoms with E-state index in [-0.39, 0.29) is 5.82 Å². The van der Waals surface area contributed by atoms with Gasteiger partial charge in [0, 0.05) is 18.8 Å². The van der Waals surface area contributed by atoms with E-state index >= 15 is 0 Å². The van der Waals surface area contributed by atoms with E-state index < -0.39 is 19.0 Å². The lowest BCUT2D eigenvalue weighted by atomic mass is 10.0. The molecule has 0 aromatic heterocycles. The molecule has 0 bridgehead atoms. The van der Waals surface area contributed by atoms with Gasteiger partial charge in [0.1, 0.15) is 5.82 Å². The fraction of sp³-hybridized carbons (Fsp3) is 0.500. The first kappa shape index (κ1) is 13.8. The minimum atomic E-state index is -2.44. The molecule has 0 spiro atoms. The number of halogens is 3. The van der Waals surface area contributed by atoms with E-state index in [0.29, 0.717) is 16.8 Å². The third-order valence-corrected chi connectivity index (χ3v) is 2.62. The van der Waals surface area contributed by atoms with Crippen molar-refractivity contribution in [3.63, 3.8) is 0 Å². The normalized spacial score (nSPS) is 12.9. The maximum atomic E-state index is 13.4. The van der Waals surface area contributed by atoms with Gasteiger partial charge in [-0.05, 0) is 37.1 Å². The Morgan fingerprint density at radius 1 is 1.35 bits per heavy atom. The lowest BCUT2D eigenvalue weighted by Crippen LogP contribution is -2.26. The van der Waals surface area contributed by atoms with Crippen LogP contribution in [0, 0.1) is 12.7 Å². The highest BCUT2D eigenvalue weighted by Gasteiger charge is 2.16. The summed E-state index contributed by atoms with van der Waals surface area (Å²) in [6.45, 7) is 2.90. The van der Waals surface area contributed by atoms with Crippen molar-refractivity contribution in [2.45, 2.75) is 26.3 Å². The van der Waals surface area contributed by atoms with Crippen LogP contribution in [0.15, 0.2) is 12.1 Å². The number of hydrogen-bond acceptors (Lipinski definition) is 2. The minimum absolute atomic E-state index is 0.369. The molecule has 1 aromatic rings. The monoisotopic (exact) mass is 246 g/mol.